The monoisotopic (exact) mass is 296 g/mol. The number of hydrogen-bond acceptors (Lipinski definition) is 4. The summed E-state index contributed by atoms with van der Waals surface area (Å²) in [5, 5.41) is 3.29. The highest BCUT2D eigenvalue weighted by molar-refractivity contribution is 6.31. The number of nitrogens with zero attached hydrogens (tertiary/aromatic N) is 3. The fraction of sp³-hybridized carbons (Fsp3) is 0.308. The number of hydrogen-bond donors (Lipinski definition) is 1. The van der Waals surface area contributed by atoms with E-state index in [1.54, 1.807) is 0 Å². The van der Waals surface area contributed by atoms with E-state index in [1.807, 2.05) is 6.07 Å². The molecule has 0 unspecified atom stereocenters. The summed E-state index contributed by atoms with van der Waals surface area (Å²) in [6.45, 7) is 0.781. The Labute approximate surface area is 122 Å². The average Bonchev–Trinajstić information content (AvgIpc) is 2.38. The van der Waals surface area contributed by atoms with Crippen LogP contribution in [0.2, 0.25) is 10.6 Å². The lowest BCUT2D eigenvalue weighted by Gasteiger charge is -2.05. The first-order chi connectivity index (χ1) is 9.24. The van der Waals surface area contributed by atoms with Gasteiger partial charge in [-0.2, -0.15) is 15.0 Å². The maximum absolute atomic E-state index is 5.68. The van der Waals surface area contributed by atoms with Crippen molar-refractivity contribution in [3.8, 4) is 0 Å². The fourth-order valence-corrected chi connectivity index (χ4v) is 2.07. The third kappa shape index (κ3) is 5.01. The quantitative estimate of drug-likeness (QED) is 0.827. The number of halogens is 2. The minimum Gasteiger partial charge on any atom is -0.354 e. The van der Waals surface area contributed by atoms with E-state index < -0.39 is 0 Å². The second-order valence-electron chi connectivity index (χ2n) is 4.07. The second kappa shape index (κ2) is 7.26. The van der Waals surface area contributed by atoms with Crippen molar-refractivity contribution in [2.75, 3.05) is 11.9 Å². The molecule has 1 N–H and O–H groups in total. The van der Waals surface area contributed by atoms with Crippen LogP contribution in [0.25, 0.3) is 0 Å². The lowest BCUT2D eigenvalue weighted by Crippen LogP contribution is -2.06. The van der Waals surface area contributed by atoms with Gasteiger partial charge in [0.2, 0.25) is 16.5 Å². The predicted octanol–water partition coefficient (Wildman–Crippen LogP) is 3.61. The van der Waals surface area contributed by atoms with Crippen molar-refractivity contribution in [1.29, 1.82) is 0 Å². The summed E-state index contributed by atoms with van der Waals surface area (Å²) in [6, 6.07) is 10.4. The Morgan fingerprint density at radius 2 is 1.58 bits per heavy atom. The van der Waals surface area contributed by atoms with Gasteiger partial charge in [0.05, 0.1) is 0 Å². The van der Waals surface area contributed by atoms with Gasteiger partial charge in [-0.15, -0.1) is 0 Å². The summed E-state index contributed by atoms with van der Waals surface area (Å²) in [4.78, 5) is 11.6. The molecule has 0 bridgehead atoms. The summed E-state index contributed by atoms with van der Waals surface area (Å²) in [5.74, 6) is 0.421. The average molecular weight is 297 g/mol. The van der Waals surface area contributed by atoms with Gasteiger partial charge < -0.3 is 5.32 Å². The molecule has 0 spiro atoms. The molecule has 1 aromatic heterocycles. The first-order valence-electron chi connectivity index (χ1n) is 6.09. The van der Waals surface area contributed by atoms with Crippen molar-refractivity contribution in [3.63, 3.8) is 0 Å². The Morgan fingerprint density at radius 1 is 0.895 bits per heavy atom. The second-order valence-corrected chi connectivity index (χ2v) is 4.74. The summed E-state index contributed by atoms with van der Waals surface area (Å²) in [6.07, 6.45) is 3.20. The molecule has 2 rings (SSSR count). The molecule has 0 radical (unpaired) electrons. The van der Waals surface area contributed by atoms with Gasteiger partial charge in [0.15, 0.2) is 0 Å². The molecule has 0 saturated carbocycles. The van der Waals surface area contributed by atoms with Gasteiger partial charge in [0.25, 0.3) is 0 Å². The first-order valence-corrected chi connectivity index (χ1v) is 6.84. The topological polar surface area (TPSA) is 50.7 Å². The molecule has 0 fully saturated rings. The van der Waals surface area contributed by atoms with Crippen LogP contribution < -0.4 is 5.32 Å². The lowest BCUT2D eigenvalue weighted by atomic mass is 10.1. The number of nitrogens with one attached hydrogen (secondary N) is 1. The molecule has 0 saturated heterocycles. The van der Waals surface area contributed by atoms with Crippen molar-refractivity contribution in [1.82, 2.24) is 15.0 Å². The Balaban J connectivity index is 1.69. The van der Waals surface area contributed by atoms with Crippen molar-refractivity contribution in [2.45, 2.75) is 19.3 Å². The first kappa shape index (κ1) is 14.0. The van der Waals surface area contributed by atoms with Crippen LogP contribution in [0.3, 0.4) is 0 Å². The molecule has 0 atom stereocenters. The van der Waals surface area contributed by atoms with E-state index in [9.17, 15) is 0 Å². The van der Waals surface area contributed by atoms with Gasteiger partial charge in [0.1, 0.15) is 0 Å². The van der Waals surface area contributed by atoms with Gasteiger partial charge in [-0.3, -0.25) is 0 Å². The third-order valence-electron chi connectivity index (χ3n) is 2.60. The summed E-state index contributed by atoms with van der Waals surface area (Å²) < 4.78 is 0. The van der Waals surface area contributed by atoms with E-state index in [0.717, 1.165) is 25.8 Å². The normalized spacial score (nSPS) is 10.4. The van der Waals surface area contributed by atoms with E-state index in [0.29, 0.717) is 5.95 Å². The SMILES string of the molecule is Clc1nc(Cl)nc(NCCCCc2ccccc2)n1. The molecule has 1 heterocycles. The molecule has 4 nitrogen and oxygen atoms in total. The minimum absolute atomic E-state index is 0.104. The van der Waals surface area contributed by atoms with Gasteiger partial charge in [-0.1, -0.05) is 30.3 Å². The van der Waals surface area contributed by atoms with Crippen LogP contribution in [0.15, 0.2) is 30.3 Å². The lowest BCUT2D eigenvalue weighted by molar-refractivity contribution is 0.758. The highest BCUT2D eigenvalue weighted by Crippen LogP contribution is 2.10. The van der Waals surface area contributed by atoms with Crippen LogP contribution >= 0.6 is 23.2 Å². The van der Waals surface area contributed by atoms with E-state index in [1.165, 1.54) is 5.56 Å². The zero-order valence-corrected chi connectivity index (χ0v) is 11.8. The molecule has 0 aliphatic rings. The molecule has 6 heteroatoms. The molecular weight excluding hydrogens is 283 g/mol. The van der Waals surface area contributed by atoms with Crippen molar-refractivity contribution in [2.24, 2.45) is 0 Å². The van der Waals surface area contributed by atoms with Crippen LogP contribution in [0.5, 0.6) is 0 Å². The van der Waals surface area contributed by atoms with Gasteiger partial charge >= 0.3 is 0 Å². The van der Waals surface area contributed by atoms with Gasteiger partial charge in [0, 0.05) is 6.54 Å². The Morgan fingerprint density at radius 3 is 2.26 bits per heavy atom. The molecular formula is C13H14Cl2N4. The molecule has 0 aliphatic heterocycles. The van der Waals surface area contributed by atoms with E-state index >= 15 is 0 Å². The molecule has 1 aromatic carbocycles. The molecule has 100 valence electrons. The zero-order chi connectivity index (χ0) is 13.5. The van der Waals surface area contributed by atoms with Crippen molar-refractivity contribution >= 4 is 29.2 Å². The van der Waals surface area contributed by atoms with Crippen LogP contribution in [0.1, 0.15) is 18.4 Å². The summed E-state index contributed by atoms with van der Waals surface area (Å²) in [7, 11) is 0. The largest absolute Gasteiger partial charge is 0.354 e. The molecule has 2 aromatic rings. The Bertz CT molecular complexity index is 499. The van der Waals surface area contributed by atoms with Crippen molar-refractivity contribution < 1.29 is 0 Å². The highest BCUT2D eigenvalue weighted by atomic mass is 35.5. The van der Waals surface area contributed by atoms with E-state index in [2.05, 4.69) is 44.5 Å². The van der Waals surface area contributed by atoms with E-state index in [4.69, 9.17) is 23.2 Å². The van der Waals surface area contributed by atoms with Gasteiger partial charge in [-0.25, -0.2) is 0 Å². The van der Waals surface area contributed by atoms with Crippen LogP contribution in [-0.2, 0) is 6.42 Å². The number of unbranched alkanes of at least 4 members (excludes halogenated alkanes) is 1. The van der Waals surface area contributed by atoms with Crippen LogP contribution in [-0.4, -0.2) is 21.5 Å². The highest BCUT2D eigenvalue weighted by Gasteiger charge is 2.01. The molecule has 0 aliphatic carbocycles. The van der Waals surface area contributed by atoms with E-state index in [-0.39, 0.29) is 10.6 Å². The number of aryl methyl sites for hydroxylation is 1. The fourth-order valence-electron chi connectivity index (χ4n) is 1.70. The number of benzene rings is 1. The van der Waals surface area contributed by atoms with Crippen LogP contribution in [0.4, 0.5) is 5.95 Å². The zero-order valence-electron chi connectivity index (χ0n) is 10.3. The van der Waals surface area contributed by atoms with Crippen LogP contribution in [0, 0.1) is 0 Å². The number of aromatic nitrogens is 3. The maximum atomic E-state index is 5.68. The number of anilines is 1. The summed E-state index contributed by atoms with van der Waals surface area (Å²) >= 11 is 11.4. The minimum atomic E-state index is 0.104. The Hall–Kier alpha value is -1.39. The molecule has 0 amide bonds. The Kier molecular flexibility index (Phi) is 5.36. The standard InChI is InChI=1S/C13H14Cl2N4/c14-11-17-12(15)19-13(18-11)16-9-5-4-8-10-6-2-1-3-7-10/h1-3,6-7H,4-5,8-9H2,(H,16,17,18,19). The molecule has 19 heavy (non-hydrogen) atoms. The smallest absolute Gasteiger partial charge is 0.228 e. The maximum Gasteiger partial charge on any atom is 0.228 e. The summed E-state index contributed by atoms with van der Waals surface area (Å²) in [5.41, 5.74) is 1.36. The van der Waals surface area contributed by atoms with Gasteiger partial charge in [-0.05, 0) is 48.0 Å². The number of rotatable bonds is 6. The van der Waals surface area contributed by atoms with Crippen molar-refractivity contribution in [3.05, 3.63) is 46.5 Å². The predicted molar refractivity (Wildman–Crippen MR) is 77.7 cm³/mol. The third-order valence-corrected chi connectivity index (χ3v) is 2.94.